The molecule has 4 nitrogen and oxygen atoms in total. The minimum Gasteiger partial charge on any atom is -0.476 e. The molecule has 3 unspecified atom stereocenters. The molecule has 1 saturated heterocycles. The van der Waals surface area contributed by atoms with Crippen LogP contribution in [0.4, 0.5) is 0 Å². The van der Waals surface area contributed by atoms with Crippen molar-refractivity contribution in [2.24, 2.45) is 11.7 Å². The van der Waals surface area contributed by atoms with Gasteiger partial charge in [-0.2, -0.15) is 0 Å². The molecule has 1 aliphatic heterocycles. The maximum Gasteiger partial charge on any atom is 0.268 e. The van der Waals surface area contributed by atoms with E-state index < -0.39 is 6.10 Å². The predicted octanol–water partition coefficient (Wildman–Crippen LogP) is 3.42. The average Bonchev–Trinajstić information content (AvgIpc) is 3.02. The lowest BCUT2D eigenvalue weighted by atomic mass is 10.1. The van der Waals surface area contributed by atoms with Gasteiger partial charge in [0.15, 0.2) is 0 Å². The van der Waals surface area contributed by atoms with E-state index in [2.05, 4.69) is 6.92 Å². The molecule has 0 radical (unpaired) electrons. The van der Waals surface area contributed by atoms with Gasteiger partial charge in [0, 0.05) is 18.2 Å². The van der Waals surface area contributed by atoms with E-state index in [-0.39, 0.29) is 24.4 Å². The fourth-order valence-electron chi connectivity index (χ4n) is 3.29. The van der Waals surface area contributed by atoms with Gasteiger partial charge in [-0.05, 0) is 37.9 Å². The van der Waals surface area contributed by atoms with Crippen molar-refractivity contribution in [3.63, 3.8) is 0 Å². The van der Waals surface area contributed by atoms with Crippen LogP contribution in [0.15, 0.2) is 60.7 Å². The summed E-state index contributed by atoms with van der Waals surface area (Å²) in [6.07, 6.45) is 0.322. The molecule has 2 N–H and O–H groups in total. The van der Waals surface area contributed by atoms with Crippen LogP contribution in [0.3, 0.4) is 0 Å². The Hall–Kier alpha value is -2.04. The summed E-state index contributed by atoms with van der Waals surface area (Å²) in [5.74, 6) is 1.08. The van der Waals surface area contributed by atoms with Crippen molar-refractivity contribution < 1.29 is 9.53 Å². The first-order chi connectivity index (χ1) is 11.7. The number of carbonyl (C=O) groups excluding carboxylic acids is 1. The number of hydrogen-bond acceptors (Lipinski definition) is 3. The lowest BCUT2D eigenvalue weighted by Crippen LogP contribution is -2.39. The van der Waals surface area contributed by atoms with Crippen LogP contribution in [0.2, 0.25) is 0 Å². The highest BCUT2D eigenvalue weighted by atomic mass is 35.5. The number of para-hydroxylation sites is 1. The number of likely N-dealkylation sites (tertiary alicyclic amines) is 1. The van der Waals surface area contributed by atoms with Gasteiger partial charge in [0.2, 0.25) is 6.10 Å². The highest BCUT2D eigenvalue weighted by molar-refractivity contribution is 5.85. The van der Waals surface area contributed by atoms with Crippen molar-refractivity contribution in [3.05, 3.63) is 66.2 Å². The predicted molar refractivity (Wildman–Crippen MR) is 102 cm³/mol. The Morgan fingerprint density at radius 1 is 1.16 bits per heavy atom. The van der Waals surface area contributed by atoms with Crippen LogP contribution in [-0.2, 0) is 4.79 Å². The van der Waals surface area contributed by atoms with Gasteiger partial charge in [0.1, 0.15) is 5.75 Å². The summed E-state index contributed by atoms with van der Waals surface area (Å²) in [6.45, 7) is 3.40. The van der Waals surface area contributed by atoms with Gasteiger partial charge in [-0.15, -0.1) is 12.4 Å². The highest BCUT2D eigenvalue weighted by Gasteiger charge is 2.36. The standard InChI is InChI=1S/C20H24N2O2.ClH/c1-15-12-16(13-21)14-22(15)20(23)19(17-8-4-2-5-9-17)24-18-10-6-3-7-11-18;/h2-11,15-16,19H,12-14,21H2,1H3;1H. The summed E-state index contributed by atoms with van der Waals surface area (Å²) in [5.41, 5.74) is 6.67. The first kappa shape index (κ1) is 19.3. The van der Waals surface area contributed by atoms with E-state index in [9.17, 15) is 4.79 Å². The number of carbonyl (C=O) groups is 1. The van der Waals surface area contributed by atoms with E-state index in [0.717, 1.165) is 12.0 Å². The third kappa shape index (κ3) is 4.53. The topological polar surface area (TPSA) is 55.6 Å². The van der Waals surface area contributed by atoms with E-state index in [1.165, 1.54) is 0 Å². The van der Waals surface area contributed by atoms with Crippen LogP contribution in [-0.4, -0.2) is 29.9 Å². The lowest BCUT2D eigenvalue weighted by Gasteiger charge is -2.27. The van der Waals surface area contributed by atoms with Gasteiger partial charge in [0.25, 0.3) is 5.91 Å². The van der Waals surface area contributed by atoms with Crippen LogP contribution >= 0.6 is 12.4 Å². The van der Waals surface area contributed by atoms with E-state index in [4.69, 9.17) is 10.5 Å². The van der Waals surface area contributed by atoms with E-state index in [0.29, 0.717) is 24.8 Å². The summed E-state index contributed by atoms with van der Waals surface area (Å²) in [7, 11) is 0. The van der Waals surface area contributed by atoms with Gasteiger partial charge < -0.3 is 15.4 Å². The quantitative estimate of drug-likeness (QED) is 0.888. The molecule has 134 valence electrons. The Morgan fingerprint density at radius 3 is 2.32 bits per heavy atom. The van der Waals surface area contributed by atoms with Crippen LogP contribution in [0.25, 0.3) is 0 Å². The molecule has 1 fully saturated rings. The van der Waals surface area contributed by atoms with Gasteiger partial charge in [-0.3, -0.25) is 4.79 Å². The molecular weight excluding hydrogens is 336 g/mol. The summed E-state index contributed by atoms with van der Waals surface area (Å²) >= 11 is 0. The molecule has 0 bridgehead atoms. The maximum atomic E-state index is 13.2. The Morgan fingerprint density at radius 2 is 1.76 bits per heavy atom. The Bertz CT molecular complexity index is 666. The highest BCUT2D eigenvalue weighted by Crippen LogP contribution is 2.29. The largest absolute Gasteiger partial charge is 0.476 e. The van der Waals surface area contributed by atoms with Gasteiger partial charge >= 0.3 is 0 Å². The lowest BCUT2D eigenvalue weighted by molar-refractivity contribution is -0.139. The summed E-state index contributed by atoms with van der Waals surface area (Å²) in [4.78, 5) is 15.1. The molecule has 2 aromatic carbocycles. The van der Waals surface area contributed by atoms with E-state index in [1.807, 2.05) is 65.6 Å². The Labute approximate surface area is 155 Å². The number of amides is 1. The second-order valence-electron chi connectivity index (χ2n) is 6.40. The molecule has 0 aliphatic carbocycles. The zero-order valence-corrected chi connectivity index (χ0v) is 15.2. The van der Waals surface area contributed by atoms with Crippen molar-refractivity contribution in [2.45, 2.75) is 25.5 Å². The summed E-state index contributed by atoms with van der Waals surface area (Å²) < 4.78 is 6.07. The molecular formula is C20H25ClN2O2. The second-order valence-corrected chi connectivity index (χ2v) is 6.40. The number of rotatable bonds is 5. The molecule has 5 heteroatoms. The number of halogens is 1. The van der Waals surface area contributed by atoms with Gasteiger partial charge in [0.05, 0.1) is 0 Å². The van der Waals surface area contributed by atoms with Crippen LogP contribution < -0.4 is 10.5 Å². The third-order valence-corrected chi connectivity index (χ3v) is 4.60. The van der Waals surface area contributed by atoms with Crippen LogP contribution in [0, 0.1) is 5.92 Å². The molecule has 1 amide bonds. The Balaban J connectivity index is 0.00000225. The number of nitrogens with two attached hydrogens (primary N) is 1. The van der Waals surface area contributed by atoms with Crippen molar-refractivity contribution in [1.29, 1.82) is 0 Å². The Kier molecular flexibility index (Phi) is 6.85. The fraction of sp³-hybridized carbons (Fsp3) is 0.350. The fourth-order valence-corrected chi connectivity index (χ4v) is 3.29. The van der Waals surface area contributed by atoms with Crippen molar-refractivity contribution >= 4 is 18.3 Å². The average molecular weight is 361 g/mol. The number of benzene rings is 2. The molecule has 2 aromatic rings. The smallest absolute Gasteiger partial charge is 0.268 e. The van der Waals surface area contributed by atoms with Crippen molar-refractivity contribution in [3.8, 4) is 5.75 Å². The number of ether oxygens (including phenoxy) is 1. The van der Waals surface area contributed by atoms with Crippen molar-refractivity contribution in [2.75, 3.05) is 13.1 Å². The van der Waals surface area contributed by atoms with E-state index in [1.54, 1.807) is 0 Å². The zero-order chi connectivity index (χ0) is 16.9. The van der Waals surface area contributed by atoms with Gasteiger partial charge in [-0.25, -0.2) is 0 Å². The van der Waals surface area contributed by atoms with Crippen molar-refractivity contribution in [1.82, 2.24) is 4.90 Å². The van der Waals surface area contributed by atoms with Crippen LogP contribution in [0.5, 0.6) is 5.75 Å². The summed E-state index contributed by atoms with van der Waals surface area (Å²) in [5, 5.41) is 0. The molecule has 1 aliphatic rings. The number of nitrogens with zero attached hydrogens (tertiary/aromatic N) is 1. The number of hydrogen-bond donors (Lipinski definition) is 1. The third-order valence-electron chi connectivity index (χ3n) is 4.60. The first-order valence-electron chi connectivity index (χ1n) is 8.46. The van der Waals surface area contributed by atoms with Crippen LogP contribution in [0.1, 0.15) is 25.0 Å². The molecule has 3 rings (SSSR count). The van der Waals surface area contributed by atoms with Gasteiger partial charge in [-0.1, -0.05) is 48.5 Å². The second kappa shape index (κ2) is 8.88. The SMILES string of the molecule is CC1CC(CN)CN1C(=O)C(Oc1ccccc1)c1ccccc1.Cl. The molecule has 1 heterocycles. The molecule has 0 spiro atoms. The summed E-state index contributed by atoms with van der Waals surface area (Å²) in [6, 6.07) is 19.4. The first-order valence-corrected chi connectivity index (χ1v) is 8.46. The normalized spacial score (nSPS) is 20.6. The molecule has 0 saturated carbocycles. The van der Waals surface area contributed by atoms with E-state index >= 15 is 0 Å². The molecule has 3 atom stereocenters. The molecule has 25 heavy (non-hydrogen) atoms. The monoisotopic (exact) mass is 360 g/mol. The molecule has 0 aromatic heterocycles. The minimum absolute atomic E-state index is 0. The minimum atomic E-state index is -0.632. The maximum absolute atomic E-state index is 13.2. The zero-order valence-electron chi connectivity index (χ0n) is 14.4.